The Morgan fingerprint density at radius 2 is 2.47 bits per heavy atom. The smallest absolute Gasteiger partial charge is 0.272 e. The summed E-state index contributed by atoms with van der Waals surface area (Å²) in [4.78, 5) is 17.8. The summed E-state index contributed by atoms with van der Waals surface area (Å²) in [6.45, 7) is 1.06. The zero-order valence-corrected chi connectivity index (χ0v) is 9.80. The Balaban J connectivity index is 2.12. The number of pyridine rings is 1. The molecule has 17 heavy (non-hydrogen) atoms. The minimum atomic E-state index is -0.418. The number of aliphatic hydroxyl groups is 1. The van der Waals surface area contributed by atoms with Crippen LogP contribution in [0.15, 0.2) is 18.3 Å². The number of nitrogens with zero attached hydrogens (tertiary/aromatic N) is 2. The van der Waals surface area contributed by atoms with Gasteiger partial charge in [-0.15, -0.1) is 0 Å². The highest BCUT2D eigenvalue weighted by molar-refractivity contribution is 5.92. The number of methoxy groups -OCH3 is 1. The molecular formula is C12H16N2O3. The van der Waals surface area contributed by atoms with E-state index in [1.54, 1.807) is 30.3 Å². The number of hydrogen-bond acceptors (Lipinski definition) is 4. The molecule has 1 unspecified atom stereocenters. The Kier molecular flexibility index (Phi) is 3.58. The van der Waals surface area contributed by atoms with E-state index in [0.717, 1.165) is 12.8 Å². The molecule has 1 fully saturated rings. The van der Waals surface area contributed by atoms with E-state index >= 15 is 0 Å². The van der Waals surface area contributed by atoms with Gasteiger partial charge in [0, 0.05) is 25.4 Å². The summed E-state index contributed by atoms with van der Waals surface area (Å²) < 4.78 is 5.05. The number of carbonyl (C=O) groups excluding carboxylic acids is 1. The molecule has 1 aromatic rings. The van der Waals surface area contributed by atoms with Crippen LogP contribution in [0.2, 0.25) is 0 Å². The van der Waals surface area contributed by atoms with Gasteiger partial charge in [0.2, 0.25) is 0 Å². The highest BCUT2D eigenvalue weighted by Gasteiger charge is 2.23. The van der Waals surface area contributed by atoms with Crippen molar-refractivity contribution < 1.29 is 14.6 Å². The van der Waals surface area contributed by atoms with Crippen LogP contribution in [-0.4, -0.2) is 47.2 Å². The fourth-order valence-corrected chi connectivity index (χ4v) is 1.96. The number of aromatic nitrogens is 1. The highest BCUT2D eigenvalue weighted by atomic mass is 16.5. The lowest BCUT2D eigenvalue weighted by molar-refractivity contribution is 0.0468. The molecular weight excluding hydrogens is 220 g/mol. The summed E-state index contributed by atoms with van der Waals surface area (Å²) in [5, 5.41) is 9.54. The van der Waals surface area contributed by atoms with Crippen LogP contribution in [0.4, 0.5) is 0 Å². The highest BCUT2D eigenvalue weighted by Crippen LogP contribution is 2.15. The second-order valence-corrected chi connectivity index (χ2v) is 4.13. The Labute approximate surface area is 100 Å². The van der Waals surface area contributed by atoms with Crippen molar-refractivity contribution in [1.82, 2.24) is 9.88 Å². The molecule has 1 aromatic heterocycles. The molecule has 1 N–H and O–H groups in total. The normalized spacial score (nSPS) is 20.1. The summed E-state index contributed by atoms with van der Waals surface area (Å²) >= 11 is 0. The lowest BCUT2D eigenvalue weighted by atomic mass is 10.1. The molecule has 1 aliphatic heterocycles. The first-order valence-corrected chi connectivity index (χ1v) is 5.68. The van der Waals surface area contributed by atoms with Crippen molar-refractivity contribution in [2.24, 2.45) is 0 Å². The first kappa shape index (κ1) is 11.9. The number of β-amino-alcohol motifs (C(OH)–C–C–N with tert-alkyl or cyclic N) is 1. The Morgan fingerprint density at radius 1 is 1.65 bits per heavy atom. The maximum atomic E-state index is 12.1. The predicted octanol–water partition coefficient (Wildman–Crippen LogP) is 0.687. The van der Waals surface area contributed by atoms with Crippen LogP contribution < -0.4 is 4.74 Å². The number of amides is 1. The maximum Gasteiger partial charge on any atom is 0.272 e. The van der Waals surface area contributed by atoms with Gasteiger partial charge in [-0.2, -0.15) is 0 Å². The molecule has 0 spiro atoms. The standard InChI is InChI=1S/C12H16N2O3/c1-17-10-4-5-13-11(7-10)12(16)14-6-2-3-9(15)8-14/h4-5,7,9,15H,2-3,6,8H2,1H3. The molecule has 0 radical (unpaired) electrons. The van der Waals surface area contributed by atoms with E-state index in [1.807, 2.05) is 0 Å². The Morgan fingerprint density at radius 3 is 3.18 bits per heavy atom. The first-order valence-electron chi connectivity index (χ1n) is 5.68. The zero-order valence-electron chi connectivity index (χ0n) is 9.80. The number of likely N-dealkylation sites (tertiary alicyclic amines) is 1. The fourth-order valence-electron chi connectivity index (χ4n) is 1.96. The fraction of sp³-hybridized carbons (Fsp3) is 0.500. The van der Waals surface area contributed by atoms with E-state index in [1.165, 1.54) is 0 Å². The largest absolute Gasteiger partial charge is 0.497 e. The summed E-state index contributed by atoms with van der Waals surface area (Å²) in [5.41, 5.74) is 0.360. The SMILES string of the molecule is COc1ccnc(C(=O)N2CCCC(O)C2)c1. The number of carbonyl (C=O) groups is 1. The van der Waals surface area contributed by atoms with Gasteiger partial charge in [-0.1, -0.05) is 0 Å². The molecule has 0 aromatic carbocycles. The van der Waals surface area contributed by atoms with Gasteiger partial charge in [-0.25, -0.2) is 0 Å². The van der Waals surface area contributed by atoms with Gasteiger partial charge in [0.05, 0.1) is 13.2 Å². The van der Waals surface area contributed by atoms with Crippen LogP contribution in [0, 0.1) is 0 Å². The molecule has 0 saturated carbocycles. The molecule has 1 aliphatic rings. The molecule has 1 saturated heterocycles. The lowest BCUT2D eigenvalue weighted by Gasteiger charge is -2.29. The molecule has 5 nitrogen and oxygen atoms in total. The first-order chi connectivity index (χ1) is 8.20. The lowest BCUT2D eigenvalue weighted by Crippen LogP contribution is -2.42. The quantitative estimate of drug-likeness (QED) is 0.820. The summed E-state index contributed by atoms with van der Waals surface area (Å²) in [5.74, 6) is 0.462. The number of aliphatic hydroxyl groups excluding tert-OH is 1. The van der Waals surface area contributed by atoms with Crippen molar-refractivity contribution in [3.63, 3.8) is 0 Å². The molecule has 2 heterocycles. The molecule has 0 aliphatic carbocycles. The number of hydrogen-bond donors (Lipinski definition) is 1. The molecule has 1 atom stereocenters. The number of piperidine rings is 1. The Bertz CT molecular complexity index is 408. The van der Waals surface area contributed by atoms with Crippen LogP contribution in [0.3, 0.4) is 0 Å². The monoisotopic (exact) mass is 236 g/mol. The molecule has 0 bridgehead atoms. The second kappa shape index (κ2) is 5.14. The van der Waals surface area contributed by atoms with Gasteiger partial charge in [0.15, 0.2) is 0 Å². The van der Waals surface area contributed by atoms with Gasteiger partial charge in [-0.05, 0) is 18.9 Å². The number of ether oxygens (including phenoxy) is 1. The van der Waals surface area contributed by atoms with Crippen molar-refractivity contribution in [2.45, 2.75) is 18.9 Å². The van der Waals surface area contributed by atoms with Crippen molar-refractivity contribution in [3.8, 4) is 5.75 Å². The third kappa shape index (κ3) is 2.74. The third-order valence-electron chi connectivity index (χ3n) is 2.87. The minimum absolute atomic E-state index is 0.150. The van der Waals surface area contributed by atoms with Crippen LogP contribution in [0.1, 0.15) is 23.3 Å². The van der Waals surface area contributed by atoms with Crippen LogP contribution >= 0.6 is 0 Å². The maximum absolute atomic E-state index is 12.1. The second-order valence-electron chi connectivity index (χ2n) is 4.13. The van der Waals surface area contributed by atoms with Gasteiger partial charge in [0.1, 0.15) is 11.4 Å². The van der Waals surface area contributed by atoms with Gasteiger partial charge >= 0.3 is 0 Å². The van der Waals surface area contributed by atoms with Gasteiger partial charge < -0.3 is 14.7 Å². The molecule has 2 rings (SSSR count). The topological polar surface area (TPSA) is 62.7 Å². The minimum Gasteiger partial charge on any atom is -0.497 e. The van der Waals surface area contributed by atoms with E-state index < -0.39 is 6.10 Å². The van der Waals surface area contributed by atoms with E-state index in [9.17, 15) is 9.90 Å². The zero-order chi connectivity index (χ0) is 12.3. The van der Waals surface area contributed by atoms with E-state index in [4.69, 9.17) is 4.74 Å². The van der Waals surface area contributed by atoms with Crippen molar-refractivity contribution in [1.29, 1.82) is 0 Å². The molecule has 5 heteroatoms. The number of rotatable bonds is 2. The van der Waals surface area contributed by atoms with Crippen LogP contribution in [0.25, 0.3) is 0 Å². The average Bonchev–Trinajstić information content (AvgIpc) is 2.38. The van der Waals surface area contributed by atoms with Crippen molar-refractivity contribution in [2.75, 3.05) is 20.2 Å². The van der Waals surface area contributed by atoms with E-state index in [0.29, 0.717) is 24.5 Å². The average molecular weight is 236 g/mol. The summed E-state index contributed by atoms with van der Waals surface area (Å²) in [7, 11) is 1.55. The van der Waals surface area contributed by atoms with E-state index in [2.05, 4.69) is 4.98 Å². The third-order valence-corrected chi connectivity index (χ3v) is 2.87. The van der Waals surface area contributed by atoms with Gasteiger partial charge in [0.25, 0.3) is 5.91 Å². The van der Waals surface area contributed by atoms with Crippen molar-refractivity contribution in [3.05, 3.63) is 24.0 Å². The predicted molar refractivity (Wildman–Crippen MR) is 61.9 cm³/mol. The van der Waals surface area contributed by atoms with Crippen LogP contribution in [0.5, 0.6) is 5.75 Å². The molecule has 1 amide bonds. The van der Waals surface area contributed by atoms with E-state index in [-0.39, 0.29) is 5.91 Å². The van der Waals surface area contributed by atoms with Crippen molar-refractivity contribution >= 4 is 5.91 Å². The molecule has 92 valence electrons. The van der Waals surface area contributed by atoms with Gasteiger partial charge in [-0.3, -0.25) is 9.78 Å². The van der Waals surface area contributed by atoms with Crippen LogP contribution in [-0.2, 0) is 0 Å². The Hall–Kier alpha value is -1.62. The summed E-state index contributed by atoms with van der Waals surface area (Å²) in [6.07, 6.45) is 2.72. The summed E-state index contributed by atoms with van der Waals surface area (Å²) in [6, 6.07) is 3.31.